The second-order valence-corrected chi connectivity index (χ2v) is 6.16. The highest BCUT2D eigenvalue weighted by Gasteiger charge is 2.42. The molecule has 0 spiro atoms. The van der Waals surface area contributed by atoms with E-state index in [1.807, 2.05) is 0 Å². The Morgan fingerprint density at radius 1 is 1.19 bits per heavy atom. The molecule has 0 aromatic heterocycles. The van der Waals surface area contributed by atoms with Crippen molar-refractivity contribution in [1.29, 1.82) is 0 Å². The van der Waals surface area contributed by atoms with Crippen LogP contribution in [-0.4, -0.2) is 48.0 Å². The van der Waals surface area contributed by atoms with Gasteiger partial charge in [0.05, 0.1) is 5.92 Å². The van der Waals surface area contributed by atoms with E-state index in [0.717, 1.165) is 12.8 Å². The number of rotatable bonds is 2. The fraction of sp³-hybridized carbons (Fsp3) is 0.929. The Morgan fingerprint density at radius 2 is 1.86 bits per heavy atom. The smallest absolute Gasteiger partial charge is 0.391 e. The topological polar surface area (TPSA) is 52.6 Å². The van der Waals surface area contributed by atoms with Gasteiger partial charge in [-0.3, -0.25) is 0 Å². The first-order chi connectivity index (χ1) is 9.90. The number of halogens is 3. The molecule has 0 bridgehead atoms. The number of piperidine rings is 1. The van der Waals surface area contributed by atoms with E-state index >= 15 is 0 Å². The maximum atomic E-state index is 12.7. The number of aliphatic hydroxyl groups is 1. The number of hydrogen-bond acceptors (Lipinski definition) is 2. The van der Waals surface area contributed by atoms with Gasteiger partial charge in [0.2, 0.25) is 0 Å². The molecule has 1 saturated heterocycles. The SMILES string of the molecule is O=C(NC1CCCC(C(F)(F)F)C1)N1CCC(CO)CC1. The van der Waals surface area contributed by atoms with Gasteiger partial charge in [0.1, 0.15) is 0 Å². The normalized spacial score (nSPS) is 28.5. The van der Waals surface area contributed by atoms with Crippen LogP contribution in [0.4, 0.5) is 18.0 Å². The van der Waals surface area contributed by atoms with E-state index in [1.165, 1.54) is 0 Å². The number of urea groups is 1. The van der Waals surface area contributed by atoms with Gasteiger partial charge in [-0.2, -0.15) is 13.2 Å². The van der Waals surface area contributed by atoms with E-state index in [4.69, 9.17) is 5.11 Å². The van der Waals surface area contributed by atoms with Crippen LogP contribution in [0.3, 0.4) is 0 Å². The fourth-order valence-corrected chi connectivity index (χ4v) is 3.20. The molecule has 21 heavy (non-hydrogen) atoms. The highest BCUT2D eigenvalue weighted by atomic mass is 19.4. The Labute approximate surface area is 122 Å². The van der Waals surface area contributed by atoms with E-state index in [0.29, 0.717) is 25.9 Å². The molecule has 2 fully saturated rings. The maximum absolute atomic E-state index is 12.7. The summed E-state index contributed by atoms with van der Waals surface area (Å²) in [6.45, 7) is 1.25. The highest BCUT2D eigenvalue weighted by molar-refractivity contribution is 5.74. The molecular weight excluding hydrogens is 285 g/mol. The third kappa shape index (κ3) is 4.49. The monoisotopic (exact) mass is 308 g/mol. The summed E-state index contributed by atoms with van der Waals surface area (Å²) in [6, 6.07) is -0.646. The van der Waals surface area contributed by atoms with Crippen molar-refractivity contribution in [2.75, 3.05) is 19.7 Å². The number of alkyl halides is 3. The second kappa shape index (κ2) is 6.85. The lowest BCUT2D eigenvalue weighted by Gasteiger charge is -2.35. The van der Waals surface area contributed by atoms with Gasteiger partial charge >= 0.3 is 12.2 Å². The predicted molar refractivity (Wildman–Crippen MR) is 71.7 cm³/mol. The number of nitrogens with one attached hydrogen (secondary N) is 1. The number of hydrogen-bond donors (Lipinski definition) is 2. The second-order valence-electron chi connectivity index (χ2n) is 6.16. The van der Waals surface area contributed by atoms with Crippen molar-refractivity contribution in [1.82, 2.24) is 10.2 Å². The van der Waals surface area contributed by atoms with Crippen LogP contribution >= 0.6 is 0 Å². The van der Waals surface area contributed by atoms with Gasteiger partial charge in [-0.15, -0.1) is 0 Å². The van der Waals surface area contributed by atoms with E-state index in [9.17, 15) is 18.0 Å². The summed E-state index contributed by atoms with van der Waals surface area (Å²) in [4.78, 5) is 13.7. The molecule has 2 aliphatic rings. The Balaban J connectivity index is 1.80. The number of nitrogens with zero attached hydrogens (tertiary/aromatic N) is 1. The molecule has 2 atom stereocenters. The van der Waals surface area contributed by atoms with Crippen molar-refractivity contribution in [2.24, 2.45) is 11.8 Å². The molecule has 1 saturated carbocycles. The first kappa shape index (κ1) is 16.4. The number of carbonyl (C=O) groups is 1. The summed E-state index contributed by atoms with van der Waals surface area (Å²) in [6.07, 6.45) is -1.39. The molecule has 1 aliphatic heterocycles. The molecule has 1 aliphatic carbocycles. The zero-order valence-corrected chi connectivity index (χ0v) is 12.0. The van der Waals surface area contributed by atoms with Crippen LogP contribution in [0.2, 0.25) is 0 Å². The molecule has 0 aromatic carbocycles. The Bertz CT molecular complexity index is 355. The van der Waals surface area contributed by atoms with Crippen LogP contribution in [0, 0.1) is 11.8 Å². The van der Waals surface area contributed by atoms with Gasteiger partial charge in [-0.25, -0.2) is 4.79 Å². The Morgan fingerprint density at radius 3 is 2.43 bits per heavy atom. The third-order valence-electron chi connectivity index (χ3n) is 4.62. The lowest BCUT2D eigenvalue weighted by atomic mass is 9.85. The minimum absolute atomic E-state index is 0.0116. The van der Waals surface area contributed by atoms with Crippen LogP contribution in [0.25, 0.3) is 0 Å². The minimum Gasteiger partial charge on any atom is -0.396 e. The van der Waals surface area contributed by atoms with Crippen LogP contribution in [0.1, 0.15) is 38.5 Å². The zero-order chi connectivity index (χ0) is 15.5. The highest BCUT2D eigenvalue weighted by Crippen LogP contribution is 2.37. The summed E-state index contributed by atoms with van der Waals surface area (Å²) in [5.41, 5.74) is 0. The van der Waals surface area contributed by atoms with Crippen molar-refractivity contribution in [3.8, 4) is 0 Å². The van der Waals surface area contributed by atoms with Crippen LogP contribution < -0.4 is 5.32 Å². The van der Waals surface area contributed by atoms with Crippen molar-refractivity contribution in [3.63, 3.8) is 0 Å². The lowest BCUT2D eigenvalue weighted by molar-refractivity contribution is -0.183. The molecule has 4 nitrogen and oxygen atoms in total. The van der Waals surface area contributed by atoms with E-state index in [-0.39, 0.29) is 37.4 Å². The van der Waals surface area contributed by atoms with Gasteiger partial charge in [-0.1, -0.05) is 6.42 Å². The molecule has 2 N–H and O–H groups in total. The maximum Gasteiger partial charge on any atom is 0.391 e. The van der Waals surface area contributed by atoms with Gasteiger partial charge in [0, 0.05) is 25.7 Å². The van der Waals surface area contributed by atoms with Crippen molar-refractivity contribution in [2.45, 2.75) is 50.7 Å². The summed E-state index contributed by atoms with van der Waals surface area (Å²) in [5.74, 6) is -1.06. The first-order valence-corrected chi connectivity index (χ1v) is 7.63. The number of amides is 2. The van der Waals surface area contributed by atoms with Crippen LogP contribution in [0.5, 0.6) is 0 Å². The summed E-state index contributed by atoms with van der Waals surface area (Å²) in [5, 5.41) is 11.8. The number of carbonyl (C=O) groups excluding carboxylic acids is 1. The molecular formula is C14H23F3N2O2. The molecule has 1 heterocycles. The van der Waals surface area contributed by atoms with E-state index in [1.54, 1.807) is 4.90 Å². The van der Waals surface area contributed by atoms with Gasteiger partial charge in [-0.05, 0) is 38.0 Å². The van der Waals surface area contributed by atoms with Crippen LogP contribution in [-0.2, 0) is 0 Å². The number of aliphatic hydroxyl groups excluding tert-OH is 1. The van der Waals surface area contributed by atoms with Crippen LogP contribution in [0.15, 0.2) is 0 Å². The van der Waals surface area contributed by atoms with E-state index in [2.05, 4.69) is 5.32 Å². The lowest BCUT2D eigenvalue weighted by Crippen LogP contribution is -2.50. The quantitative estimate of drug-likeness (QED) is 0.823. The molecule has 122 valence electrons. The Hall–Kier alpha value is -0.980. The summed E-state index contributed by atoms with van der Waals surface area (Å²) < 4.78 is 38.2. The van der Waals surface area contributed by atoms with Crippen molar-refractivity contribution >= 4 is 6.03 Å². The molecule has 7 heteroatoms. The third-order valence-corrected chi connectivity index (χ3v) is 4.62. The first-order valence-electron chi connectivity index (χ1n) is 7.63. The van der Waals surface area contributed by atoms with Crippen molar-refractivity contribution < 1.29 is 23.1 Å². The molecule has 2 unspecified atom stereocenters. The number of likely N-dealkylation sites (tertiary alicyclic amines) is 1. The van der Waals surface area contributed by atoms with Crippen molar-refractivity contribution in [3.05, 3.63) is 0 Å². The summed E-state index contributed by atoms with van der Waals surface area (Å²) in [7, 11) is 0. The Kier molecular flexibility index (Phi) is 5.35. The molecule has 2 amide bonds. The fourth-order valence-electron chi connectivity index (χ4n) is 3.20. The molecule has 2 rings (SSSR count). The average molecular weight is 308 g/mol. The molecule has 0 aromatic rings. The largest absolute Gasteiger partial charge is 0.396 e. The average Bonchev–Trinajstić information content (AvgIpc) is 2.47. The van der Waals surface area contributed by atoms with Gasteiger partial charge < -0.3 is 15.3 Å². The van der Waals surface area contributed by atoms with Gasteiger partial charge in [0.25, 0.3) is 0 Å². The standard InChI is InChI=1S/C14H23F3N2O2/c15-14(16,17)11-2-1-3-12(8-11)18-13(21)19-6-4-10(9-20)5-7-19/h10-12,20H,1-9H2,(H,18,21). The predicted octanol–water partition coefficient (Wildman–Crippen LogP) is 2.52. The summed E-state index contributed by atoms with van der Waals surface area (Å²) >= 11 is 0. The molecule has 0 radical (unpaired) electrons. The van der Waals surface area contributed by atoms with E-state index < -0.39 is 12.1 Å². The van der Waals surface area contributed by atoms with Gasteiger partial charge in [0.15, 0.2) is 0 Å². The zero-order valence-electron chi connectivity index (χ0n) is 12.0. The minimum atomic E-state index is -4.16.